The number of hydrogen-bond acceptors (Lipinski definition) is 4. The molecule has 28 heavy (non-hydrogen) atoms. The van der Waals surface area contributed by atoms with Crippen molar-refractivity contribution >= 4 is 21.6 Å². The van der Waals surface area contributed by atoms with Crippen LogP contribution in [0.2, 0.25) is 5.02 Å². The second-order valence-corrected chi connectivity index (χ2v) is 8.81. The number of benzene rings is 2. The number of ether oxygens (including phenoxy) is 2. The SMILES string of the molecule is COc1ccc(Cl)cc1C1(CNS(=O)(=O)c2ccc(F)cc2F)CCOCC1. The number of hydrogen-bond donors (Lipinski definition) is 1. The van der Waals surface area contributed by atoms with Crippen molar-refractivity contribution in [3.63, 3.8) is 0 Å². The van der Waals surface area contributed by atoms with Crippen molar-refractivity contribution in [2.24, 2.45) is 0 Å². The molecule has 1 fully saturated rings. The fraction of sp³-hybridized carbons (Fsp3) is 0.368. The molecular weight excluding hydrogens is 412 g/mol. The molecule has 1 aliphatic rings. The maximum Gasteiger partial charge on any atom is 0.243 e. The average molecular weight is 432 g/mol. The molecule has 152 valence electrons. The van der Waals surface area contributed by atoms with Crippen LogP contribution in [0.3, 0.4) is 0 Å². The van der Waals surface area contributed by atoms with Gasteiger partial charge in [0.05, 0.1) is 7.11 Å². The fourth-order valence-corrected chi connectivity index (χ4v) is 4.76. The molecule has 0 spiro atoms. The first-order valence-electron chi connectivity index (χ1n) is 8.64. The van der Waals surface area contributed by atoms with Crippen LogP contribution in [0.4, 0.5) is 8.78 Å². The molecular formula is C19H20ClF2NO4S. The Bertz CT molecular complexity index is 962. The molecule has 2 aromatic carbocycles. The van der Waals surface area contributed by atoms with Gasteiger partial charge in [0.15, 0.2) is 0 Å². The monoisotopic (exact) mass is 431 g/mol. The molecule has 0 bridgehead atoms. The van der Waals surface area contributed by atoms with Crippen molar-refractivity contribution in [2.75, 3.05) is 26.9 Å². The van der Waals surface area contributed by atoms with Crippen molar-refractivity contribution in [3.8, 4) is 5.75 Å². The highest BCUT2D eigenvalue weighted by atomic mass is 35.5. The van der Waals surface area contributed by atoms with Crippen molar-refractivity contribution in [1.29, 1.82) is 0 Å². The molecule has 0 saturated carbocycles. The maximum atomic E-state index is 14.0. The minimum Gasteiger partial charge on any atom is -0.496 e. The highest BCUT2D eigenvalue weighted by Gasteiger charge is 2.38. The summed E-state index contributed by atoms with van der Waals surface area (Å²) in [5, 5.41) is 0.495. The molecule has 0 unspecified atom stereocenters. The van der Waals surface area contributed by atoms with Crippen molar-refractivity contribution < 1.29 is 26.7 Å². The summed E-state index contributed by atoms with van der Waals surface area (Å²) in [6, 6.07) is 7.51. The van der Waals surface area contributed by atoms with E-state index >= 15 is 0 Å². The zero-order valence-electron chi connectivity index (χ0n) is 15.2. The van der Waals surface area contributed by atoms with Crippen LogP contribution in [-0.2, 0) is 20.2 Å². The predicted molar refractivity (Wildman–Crippen MR) is 101 cm³/mol. The third kappa shape index (κ3) is 4.30. The van der Waals surface area contributed by atoms with Gasteiger partial charge in [0.25, 0.3) is 0 Å². The first kappa shape index (κ1) is 21.0. The summed E-state index contributed by atoms with van der Waals surface area (Å²) in [6.45, 7) is 0.858. The van der Waals surface area contributed by atoms with Crippen molar-refractivity contribution in [2.45, 2.75) is 23.2 Å². The van der Waals surface area contributed by atoms with Gasteiger partial charge in [-0.25, -0.2) is 21.9 Å². The van der Waals surface area contributed by atoms with Crippen LogP contribution in [0.15, 0.2) is 41.3 Å². The van der Waals surface area contributed by atoms with E-state index in [0.717, 1.165) is 17.7 Å². The third-order valence-electron chi connectivity index (χ3n) is 4.97. The molecule has 1 heterocycles. The Morgan fingerprint density at radius 1 is 1.18 bits per heavy atom. The second-order valence-electron chi connectivity index (χ2n) is 6.64. The van der Waals surface area contributed by atoms with Crippen LogP contribution in [0.1, 0.15) is 18.4 Å². The largest absolute Gasteiger partial charge is 0.496 e. The quantitative estimate of drug-likeness (QED) is 0.758. The van der Waals surface area contributed by atoms with Gasteiger partial charge in [0.1, 0.15) is 22.3 Å². The van der Waals surface area contributed by atoms with Gasteiger partial charge < -0.3 is 9.47 Å². The van der Waals surface area contributed by atoms with Crippen molar-refractivity contribution in [1.82, 2.24) is 4.72 Å². The number of rotatable bonds is 6. The third-order valence-corrected chi connectivity index (χ3v) is 6.64. The van der Waals surface area contributed by atoms with E-state index in [0.29, 0.717) is 42.9 Å². The Morgan fingerprint density at radius 3 is 2.54 bits per heavy atom. The Labute approximate surface area is 167 Å². The molecule has 1 N–H and O–H groups in total. The highest BCUT2D eigenvalue weighted by Crippen LogP contribution is 2.41. The second kappa shape index (κ2) is 8.32. The Kier molecular flexibility index (Phi) is 6.24. The molecule has 0 aliphatic carbocycles. The summed E-state index contributed by atoms with van der Waals surface area (Å²) in [7, 11) is -2.66. The molecule has 0 atom stereocenters. The molecule has 9 heteroatoms. The smallest absolute Gasteiger partial charge is 0.243 e. The lowest BCUT2D eigenvalue weighted by atomic mass is 9.74. The Hall–Kier alpha value is -1.74. The van der Waals surface area contributed by atoms with Crippen LogP contribution in [0.5, 0.6) is 5.75 Å². The van der Waals surface area contributed by atoms with E-state index in [-0.39, 0.29) is 6.54 Å². The van der Waals surface area contributed by atoms with E-state index < -0.39 is 32.0 Å². The molecule has 0 radical (unpaired) electrons. The van der Waals surface area contributed by atoms with Crippen molar-refractivity contribution in [3.05, 3.63) is 58.6 Å². The van der Waals surface area contributed by atoms with Crippen LogP contribution >= 0.6 is 11.6 Å². The van der Waals surface area contributed by atoms with E-state index in [4.69, 9.17) is 21.1 Å². The zero-order chi connectivity index (χ0) is 20.4. The average Bonchev–Trinajstić information content (AvgIpc) is 2.67. The molecule has 2 aromatic rings. The van der Waals surface area contributed by atoms with E-state index in [1.165, 1.54) is 7.11 Å². The topological polar surface area (TPSA) is 64.6 Å². The summed E-state index contributed by atoms with van der Waals surface area (Å²) < 4.78 is 65.8. The summed E-state index contributed by atoms with van der Waals surface area (Å²) in [6.07, 6.45) is 1.05. The summed E-state index contributed by atoms with van der Waals surface area (Å²) in [4.78, 5) is -0.603. The van der Waals surface area contributed by atoms with E-state index in [1.54, 1.807) is 18.2 Å². The minimum atomic E-state index is -4.19. The lowest BCUT2D eigenvalue weighted by Gasteiger charge is -2.38. The number of halogens is 3. The lowest BCUT2D eigenvalue weighted by molar-refractivity contribution is 0.0509. The molecule has 1 aliphatic heterocycles. The normalized spacial score (nSPS) is 16.7. The standard InChI is InChI=1S/C19H20ClF2NO4S/c1-26-17-4-2-13(20)10-15(17)19(6-8-27-9-7-19)12-23-28(24,25)18-5-3-14(21)11-16(18)22/h2-5,10-11,23H,6-9,12H2,1H3. The molecule has 0 aromatic heterocycles. The maximum absolute atomic E-state index is 14.0. The van der Waals surface area contributed by atoms with Gasteiger partial charge in [0.2, 0.25) is 10.0 Å². The van der Waals surface area contributed by atoms with Gasteiger partial charge in [-0.1, -0.05) is 11.6 Å². The summed E-state index contributed by atoms with van der Waals surface area (Å²) >= 11 is 6.17. The fourth-order valence-electron chi connectivity index (χ4n) is 3.40. The zero-order valence-corrected chi connectivity index (χ0v) is 16.7. The lowest BCUT2D eigenvalue weighted by Crippen LogP contribution is -2.45. The molecule has 3 rings (SSSR count). The first-order valence-corrected chi connectivity index (χ1v) is 10.5. The van der Waals surface area contributed by atoms with E-state index in [1.807, 2.05) is 0 Å². The molecule has 0 amide bonds. The van der Waals surface area contributed by atoms with Crippen LogP contribution in [-0.4, -0.2) is 35.3 Å². The summed E-state index contributed by atoms with van der Waals surface area (Å²) in [5.74, 6) is -1.41. The number of nitrogens with one attached hydrogen (secondary N) is 1. The van der Waals surface area contributed by atoms with Gasteiger partial charge in [0, 0.05) is 41.8 Å². The van der Waals surface area contributed by atoms with E-state index in [9.17, 15) is 17.2 Å². The predicted octanol–water partition coefficient (Wildman–Crippen LogP) is 3.65. The van der Waals surface area contributed by atoms with Gasteiger partial charge in [-0.2, -0.15) is 0 Å². The van der Waals surface area contributed by atoms with Crippen LogP contribution in [0, 0.1) is 11.6 Å². The minimum absolute atomic E-state index is 0.00773. The van der Waals surface area contributed by atoms with Gasteiger partial charge in [-0.3, -0.25) is 0 Å². The van der Waals surface area contributed by atoms with Gasteiger partial charge >= 0.3 is 0 Å². The summed E-state index contributed by atoms with van der Waals surface area (Å²) in [5.41, 5.74) is 0.117. The van der Waals surface area contributed by atoms with Gasteiger partial charge in [-0.15, -0.1) is 0 Å². The highest BCUT2D eigenvalue weighted by molar-refractivity contribution is 7.89. The van der Waals surface area contributed by atoms with E-state index in [2.05, 4.69) is 4.72 Å². The molecule has 1 saturated heterocycles. The Morgan fingerprint density at radius 2 is 1.89 bits per heavy atom. The van der Waals surface area contributed by atoms with Gasteiger partial charge in [-0.05, 0) is 43.2 Å². The van der Waals surface area contributed by atoms with Crippen LogP contribution in [0.25, 0.3) is 0 Å². The number of sulfonamides is 1. The first-order chi connectivity index (χ1) is 13.3. The van der Waals surface area contributed by atoms with Crippen LogP contribution < -0.4 is 9.46 Å². The number of methoxy groups -OCH3 is 1. The Balaban J connectivity index is 1.95. The molecule has 5 nitrogen and oxygen atoms in total.